The molecule has 4 heterocycles. The summed E-state index contributed by atoms with van der Waals surface area (Å²) in [5.74, 6) is -0.636. The highest BCUT2D eigenvalue weighted by Gasteiger charge is 2.31. The number of hydrogen-bond acceptors (Lipinski definition) is 7. The van der Waals surface area contributed by atoms with E-state index in [1.165, 1.54) is 12.1 Å². The zero-order chi connectivity index (χ0) is 27.0. The Labute approximate surface area is 214 Å². The molecule has 1 aromatic carbocycles. The highest BCUT2D eigenvalue weighted by molar-refractivity contribution is 6.04. The smallest absolute Gasteiger partial charge is 0.382 e. The number of primary amides is 1. The van der Waals surface area contributed by atoms with Crippen LogP contribution in [0.3, 0.4) is 0 Å². The van der Waals surface area contributed by atoms with Gasteiger partial charge in [-0.2, -0.15) is 13.2 Å². The number of rotatable bonds is 5. The number of nitrogens with two attached hydrogens (primary N) is 2. The van der Waals surface area contributed by atoms with Crippen molar-refractivity contribution in [2.45, 2.75) is 19.0 Å². The van der Waals surface area contributed by atoms with E-state index in [0.29, 0.717) is 42.2 Å². The van der Waals surface area contributed by atoms with E-state index in [2.05, 4.69) is 15.3 Å². The van der Waals surface area contributed by atoms with E-state index in [9.17, 15) is 22.8 Å². The first-order valence-corrected chi connectivity index (χ1v) is 11.7. The minimum Gasteiger partial charge on any atom is -0.382 e. The van der Waals surface area contributed by atoms with Gasteiger partial charge in [0.05, 0.1) is 11.5 Å². The summed E-state index contributed by atoms with van der Waals surface area (Å²) >= 11 is 0. The zero-order valence-electron chi connectivity index (χ0n) is 19.9. The number of alkyl halides is 3. The van der Waals surface area contributed by atoms with Crippen molar-refractivity contribution >= 4 is 34.9 Å². The number of imidazole rings is 1. The molecular weight excluding hydrogens is 501 g/mol. The van der Waals surface area contributed by atoms with Crippen molar-refractivity contribution in [1.82, 2.24) is 19.4 Å². The van der Waals surface area contributed by atoms with Gasteiger partial charge in [0.25, 0.3) is 5.91 Å². The van der Waals surface area contributed by atoms with Gasteiger partial charge in [-0.05, 0) is 37.1 Å². The second kappa shape index (κ2) is 9.65. The molecule has 4 aromatic rings. The first-order valence-electron chi connectivity index (χ1n) is 11.7. The van der Waals surface area contributed by atoms with Crippen LogP contribution in [0.25, 0.3) is 16.8 Å². The number of carbonyl (C=O) groups is 2. The van der Waals surface area contributed by atoms with Crippen LogP contribution in [0.15, 0.2) is 55.0 Å². The number of hydrogen-bond donors (Lipinski definition) is 3. The summed E-state index contributed by atoms with van der Waals surface area (Å²) in [7, 11) is 0. The number of benzene rings is 1. The molecule has 196 valence electrons. The predicted octanol–water partition coefficient (Wildman–Crippen LogP) is 3.35. The standard InChI is InChI=1S/C25H23F3N8O2/c26-25(27,28)17-7-8-31-18(12-17)33-23(38)15-5-3-14(4-6-15)19-20-21(29)32-9-11-36(20)24(34-19)35-10-1-2-16(13-35)22(30)37/h3-9,11-12,16H,1-2,10,13H2,(H2,29,32)(H2,30,37)(H,31,33,38). The second-order valence-electron chi connectivity index (χ2n) is 8.94. The molecule has 10 nitrogen and oxygen atoms in total. The van der Waals surface area contributed by atoms with Gasteiger partial charge >= 0.3 is 6.18 Å². The Morgan fingerprint density at radius 2 is 1.84 bits per heavy atom. The number of nitrogen functional groups attached to an aromatic ring is 1. The van der Waals surface area contributed by atoms with Gasteiger partial charge in [-0.3, -0.25) is 14.0 Å². The molecule has 1 atom stereocenters. The monoisotopic (exact) mass is 524 g/mol. The number of anilines is 3. The Morgan fingerprint density at radius 1 is 1.08 bits per heavy atom. The van der Waals surface area contributed by atoms with E-state index in [4.69, 9.17) is 16.5 Å². The third-order valence-electron chi connectivity index (χ3n) is 6.42. The van der Waals surface area contributed by atoms with Gasteiger partial charge in [-0.1, -0.05) is 12.1 Å². The highest BCUT2D eigenvalue weighted by atomic mass is 19.4. The van der Waals surface area contributed by atoms with Crippen LogP contribution in [0.1, 0.15) is 28.8 Å². The second-order valence-corrected chi connectivity index (χ2v) is 8.94. The largest absolute Gasteiger partial charge is 0.416 e. The van der Waals surface area contributed by atoms with Gasteiger partial charge in [0.15, 0.2) is 0 Å². The summed E-state index contributed by atoms with van der Waals surface area (Å²) < 4.78 is 40.7. The van der Waals surface area contributed by atoms with Gasteiger partial charge in [-0.25, -0.2) is 15.0 Å². The van der Waals surface area contributed by atoms with E-state index in [1.54, 1.807) is 28.9 Å². The third kappa shape index (κ3) is 4.82. The molecule has 0 bridgehead atoms. The van der Waals surface area contributed by atoms with Crippen molar-refractivity contribution in [1.29, 1.82) is 0 Å². The lowest BCUT2D eigenvalue weighted by Crippen LogP contribution is -2.42. The molecule has 5 N–H and O–H groups in total. The molecule has 0 saturated carbocycles. The number of nitrogens with one attached hydrogen (secondary N) is 1. The number of nitrogens with zero attached hydrogens (tertiary/aromatic N) is 5. The number of aromatic nitrogens is 4. The number of carbonyl (C=O) groups excluding carboxylic acids is 2. The Morgan fingerprint density at radius 3 is 2.55 bits per heavy atom. The molecule has 0 spiro atoms. The first kappa shape index (κ1) is 25.0. The summed E-state index contributed by atoms with van der Waals surface area (Å²) in [6.07, 6.45) is 1.21. The summed E-state index contributed by atoms with van der Waals surface area (Å²) in [5.41, 5.74) is 12.8. The zero-order valence-corrected chi connectivity index (χ0v) is 19.9. The van der Waals surface area contributed by atoms with Crippen molar-refractivity contribution in [3.05, 3.63) is 66.1 Å². The number of pyridine rings is 1. The average Bonchev–Trinajstić information content (AvgIpc) is 3.29. The molecule has 13 heteroatoms. The van der Waals surface area contributed by atoms with E-state index in [1.807, 2.05) is 4.90 Å². The molecule has 3 aromatic heterocycles. The SMILES string of the molecule is NC(=O)C1CCCN(c2nc(-c3ccc(C(=O)Nc4cc(C(F)(F)F)ccn4)cc3)c3c(N)nccn23)C1. The molecule has 1 unspecified atom stereocenters. The maximum absolute atomic E-state index is 13.0. The van der Waals surface area contributed by atoms with E-state index in [0.717, 1.165) is 24.8 Å². The molecular formula is C25H23F3N8O2. The number of fused-ring (bicyclic) bond motifs is 1. The Hall–Kier alpha value is -4.68. The van der Waals surface area contributed by atoms with Crippen molar-refractivity contribution < 1.29 is 22.8 Å². The van der Waals surface area contributed by atoms with Crippen molar-refractivity contribution in [3.8, 4) is 11.3 Å². The molecule has 1 aliphatic rings. The highest BCUT2D eigenvalue weighted by Crippen LogP contribution is 2.33. The molecule has 5 rings (SSSR count). The maximum atomic E-state index is 13.0. The van der Waals surface area contributed by atoms with Gasteiger partial charge in [0, 0.05) is 42.8 Å². The minimum atomic E-state index is -4.55. The lowest BCUT2D eigenvalue weighted by Gasteiger charge is -2.31. The minimum absolute atomic E-state index is 0.211. The van der Waals surface area contributed by atoms with Crippen LogP contribution in [0.4, 0.5) is 30.8 Å². The normalized spacial score (nSPS) is 16.0. The summed E-state index contributed by atoms with van der Waals surface area (Å²) in [6, 6.07) is 7.97. The number of piperidine rings is 1. The first-order chi connectivity index (χ1) is 18.1. The number of amides is 2. The fourth-order valence-electron chi connectivity index (χ4n) is 4.51. The van der Waals surface area contributed by atoms with Crippen LogP contribution in [0, 0.1) is 5.92 Å². The topological polar surface area (TPSA) is 145 Å². The van der Waals surface area contributed by atoms with Crippen molar-refractivity contribution in [2.24, 2.45) is 11.7 Å². The Kier molecular flexibility index (Phi) is 6.35. The summed E-state index contributed by atoms with van der Waals surface area (Å²) in [6.45, 7) is 1.12. The van der Waals surface area contributed by atoms with Crippen molar-refractivity contribution in [3.63, 3.8) is 0 Å². The van der Waals surface area contributed by atoms with E-state index < -0.39 is 17.6 Å². The van der Waals surface area contributed by atoms with Gasteiger partial charge in [0.1, 0.15) is 22.8 Å². The lowest BCUT2D eigenvalue weighted by atomic mass is 9.98. The molecule has 0 radical (unpaired) electrons. The van der Waals surface area contributed by atoms with E-state index >= 15 is 0 Å². The van der Waals surface area contributed by atoms with Crippen LogP contribution in [0.5, 0.6) is 0 Å². The number of halogens is 3. The fourth-order valence-corrected chi connectivity index (χ4v) is 4.51. The van der Waals surface area contributed by atoms with E-state index in [-0.39, 0.29) is 29.0 Å². The van der Waals surface area contributed by atoms with Crippen LogP contribution in [0.2, 0.25) is 0 Å². The van der Waals surface area contributed by atoms with Crippen LogP contribution in [-0.4, -0.2) is 44.3 Å². The summed E-state index contributed by atoms with van der Waals surface area (Å²) in [4.78, 5) is 39.2. The molecule has 1 saturated heterocycles. The lowest BCUT2D eigenvalue weighted by molar-refractivity contribution is -0.137. The van der Waals surface area contributed by atoms with Gasteiger partial charge in [-0.15, -0.1) is 0 Å². The third-order valence-corrected chi connectivity index (χ3v) is 6.42. The maximum Gasteiger partial charge on any atom is 0.416 e. The fraction of sp³-hybridized carbons (Fsp3) is 0.240. The molecule has 38 heavy (non-hydrogen) atoms. The van der Waals surface area contributed by atoms with Gasteiger partial charge in [0.2, 0.25) is 11.9 Å². The van der Waals surface area contributed by atoms with Crippen LogP contribution >= 0.6 is 0 Å². The molecule has 0 aliphatic carbocycles. The van der Waals surface area contributed by atoms with Crippen LogP contribution in [-0.2, 0) is 11.0 Å². The quantitative estimate of drug-likeness (QED) is 0.363. The molecule has 1 aliphatic heterocycles. The molecule has 1 fully saturated rings. The van der Waals surface area contributed by atoms with Crippen molar-refractivity contribution in [2.75, 3.05) is 29.0 Å². The van der Waals surface area contributed by atoms with Gasteiger partial charge < -0.3 is 21.7 Å². The predicted molar refractivity (Wildman–Crippen MR) is 134 cm³/mol. The Bertz CT molecular complexity index is 1520. The average molecular weight is 525 g/mol. The summed E-state index contributed by atoms with van der Waals surface area (Å²) in [5, 5.41) is 2.38. The Balaban J connectivity index is 1.43. The van der Waals surface area contributed by atoms with Crippen LogP contribution < -0.4 is 21.7 Å². The molecule has 2 amide bonds.